The molecule has 0 aromatic heterocycles. The van der Waals surface area contributed by atoms with E-state index in [1.54, 1.807) is 0 Å². The maximum absolute atomic E-state index is 11.2. The highest BCUT2D eigenvalue weighted by Crippen LogP contribution is 2.34. The summed E-state index contributed by atoms with van der Waals surface area (Å²) in [5.74, 6) is -1.65. The highest BCUT2D eigenvalue weighted by Gasteiger charge is 2.35. The van der Waals surface area contributed by atoms with Gasteiger partial charge in [0.05, 0.1) is 7.11 Å². The number of ether oxygens (including phenoxy) is 1. The van der Waals surface area contributed by atoms with Crippen molar-refractivity contribution in [2.75, 3.05) is 7.11 Å². The van der Waals surface area contributed by atoms with Gasteiger partial charge in [-0.25, -0.2) is 0 Å². The lowest BCUT2D eigenvalue weighted by Crippen LogP contribution is -2.17. The zero-order valence-corrected chi connectivity index (χ0v) is 8.56. The number of methoxy groups -OCH3 is 1. The summed E-state index contributed by atoms with van der Waals surface area (Å²) < 4.78 is 4.50. The number of carbonyl (C=O) groups is 3. The number of carbonyl (C=O) groups excluding carboxylic acids is 2. The summed E-state index contributed by atoms with van der Waals surface area (Å²) >= 11 is 0. The lowest BCUT2D eigenvalue weighted by atomic mass is 9.90. The Bertz CT molecular complexity index is 284. The number of Topliss-reactive ketones (excluding diaryl/α,β-unsaturated/α-hetero) is 1. The molecular weight excluding hydrogens is 200 g/mol. The molecule has 2 atom stereocenters. The normalized spacial score (nSPS) is 25.3. The molecule has 0 amide bonds. The number of aliphatic carboxylic acids is 1. The highest BCUT2D eigenvalue weighted by atomic mass is 16.5. The molecule has 0 spiro atoms. The average molecular weight is 214 g/mol. The standard InChI is InChI=1S/C10H14O5/c1-15-10(14)5-7-3-8(11)2-6(7)4-9(12)13/h6-7H,2-5H2,1H3,(H,12,13). The summed E-state index contributed by atoms with van der Waals surface area (Å²) in [6.07, 6.45) is 0.661. The monoisotopic (exact) mass is 214 g/mol. The van der Waals surface area contributed by atoms with Crippen LogP contribution in [0.5, 0.6) is 0 Å². The highest BCUT2D eigenvalue weighted by molar-refractivity contribution is 5.83. The maximum Gasteiger partial charge on any atom is 0.305 e. The van der Waals surface area contributed by atoms with Crippen molar-refractivity contribution < 1.29 is 24.2 Å². The lowest BCUT2D eigenvalue weighted by molar-refractivity contribution is -0.143. The molecule has 15 heavy (non-hydrogen) atoms. The fourth-order valence-corrected chi connectivity index (χ4v) is 2.00. The van der Waals surface area contributed by atoms with E-state index in [1.165, 1.54) is 7.11 Å². The van der Waals surface area contributed by atoms with Crippen molar-refractivity contribution >= 4 is 17.7 Å². The summed E-state index contributed by atoms with van der Waals surface area (Å²) in [7, 11) is 1.28. The molecule has 1 N–H and O–H groups in total. The lowest BCUT2D eigenvalue weighted by Gasteiger charge is -2.14. The molecule has 0 radical (unpaired) electrons. The van der Waals surface area contributed by atoms with Crippen molar-refractivity contribution in [3.8, 4) is 0 Å². The second-order valence-corrected chi connectivity index (χ2v) is 3.85. The Labute approximate surface area is 87.4 Å². The van der Waals surface area contributed by atoms with Crippen molar-refractivity contribution in [2.24, 2.45) is 11.8 Å². The van der Waals surface area contributed by atoms with E-state index in [-0.39, 0.29) is 42.9 Å². The van der Waals surface area contributed by atoms with E-state index in [0.717, 1.165) is 0 Å². The molecule has 2 unspecified atom stereocenters. The third kappa shape index (κ3) is 3.34. The number of carboxylic acids is 1. The molecule has 1 aliphatic carbocycles. The minimum absolute atomic E-state index is 0.0372. The smallest absolute Gasteiger partial charge is 0.305 e. The number of hydrogen-bond donors (Lipinski definition) is 1. The Morgan fingerprint density at radius 1 is 1.33 bits per heavy atom. The van der Waals surface area contributed by atoms with Crippen molar-refractivity contribution in [2.45, 2.75) is 25.7 Å². The van der Waals surface area contributed by atoms with Gasteiger partial charge in [-0.2, -0.15) is 0 Å². The van der Waals surface area contributed by atoms with Crippen LogP contribution in [0.3, 0.4) is 0 Å². The molecule has 1 aliphatic rings. The van der Waals surface area contributed by atoms with E-state index in [1.807, 2.05) is 0 Å². The molecule has 1 rings (SSSR count). The van der Waals surface area contributed by atoms with Gasteiger partial charge in [0.25, 0.3) is 0 Å². The van der Waals surface area contributed by atoms with E-state index in [9.17, 15) is 14.4 Å². The molecule has 0 saturated heterocycles. The summed E-state index contributed by atoms with van der Waals surface area (Å²) in [4.78, 5) is 32.7. The van der Waals surface area contributed by atoms with Crippen LogP contribution in [0.25, 0.3) is 0 Å². The van der Waals surface area contributed by atoms with Crippen molar-refractivity contribution in [1.29, 1.82) is 0 Å². The molecule has 1 saturated carbocycles. The summed E-state index contributed by atoms with van der Waals surface area (Å²) in [6, 6.07) is 0. The van der Waals surface area contributed by atoms with E-state index in [0.29, 0.717) is 6.42 Å². The first-order valence-electron chi connectivity index (χ1n) is 4.83. The molecule has 0 bridgehead atoms. The van der Waals surface area contributed by atoms with Gasteiger partial charge in [-0.1, -0.05) is 0 Å². The second kappa shape index (κ2) is 4.91. The number of ketones is 1. The maximum atomic E-state index is 11.2. The molecule has 0 aromatic carbocycles. The largest absolute Gasteiger partial charge is 0.481 e. The van der Waals surface area contributed by atoms with Crippen LogP contribution in [0.4, 0.5) is 0 Å². The molecule has 5 nitrogen and oxygen atoms in total. The fraction of sp³-hybridized carbons (Fsp3) is 0.700. The number of esters is 1. The zero-order chi connectivity index (χ0) is 11.4. The van der Waals surface area contributed by atoms with Gasteiger partial charge in [0.15, 0.2) is 0 Å². The van der Waals surface area contributed by atoms with Gasteiger partial charge >= 0.3 is 11.9 Å². The van der Waals surface area contributed by atoms with Gasteiger partial charge in [0, 0.05) is 25.7 Å². The van der Waals surface area contributed by atoms with E-state index < -0.39 is 5.97 Å². The minimum atomic E-state index is -0.926. The predicted octanol–water partition coefficient (Wildman–Crippen LogP) is 0.619. The molecule has 0 heterocycles. The first-order valence-corrected chi connectivity index (χ1v) is 4.83. The summed E-state index contributed by atoms with van der Waals surface area (Å²) in [5, 5.41) is 8.64. The van der Waals surface area contributed by atoms with Gasteiger partial charge in [-0.05, 0) is 11.8 Å². The quantitative estimate of drug-likeness (QED) is 0.694. The van der Waals surface area contributed by atoms with Gasteiger partial charge in [-0.3, -0.25) is 14.4 Å². The Morgan fingerprint density at radius 2 is 1.87 bits per heavy atom. The van der Waals surface area contributed by atoms with Crippen LogP contribution < -0.4 is 0 Å². The molecule has 1 fully saturated rings. The summed E-state index contributed by atoms with van der Waals surface area (Å²) in [5.41, 5.74) is 0. The molecule has 84 valence electrons. The first-order chi connectivity index (χ1) is 7.02. The van der Waals surface area contributed by atoms with Gasteiger partial charge in [-0.15, -0.1) is 0 Å². The number of carboxylic acid groups (broad SMARTS) is 1. The minimum Gasteiger partial charge on any atom is -0.481 e. The SMILES string of the molecule is COC(=O)CC1CC(=O)CC1CC(=O)O. The van der Waals surface area contributed by atoms with Crippen LogP contribution in [0.1, 0.15) is 25.7 Å². The zero-order valence-electron chi connectivity index (χ0n) is 8.56. The molecule has 0 aliphatic heterocycles. The van der Waals surface area contributed by atoms with Gasteiger partial charge < -0.3 is 9.84 Å². The van der Waals surface area contributed by atoms with Crippen LogP contribution in [-0.2, 0) is 19.1 Å². The Morgan fingerprint density at radius 3 is 2.33 bits per heavy atom. The average Bonchev–Trinajstić information content (AvgIpc) is 2.45. The predicted molar refractivity (Wildman–Crippen MR) is 50.1 cm³/mol. The fourth-order valence-electron chi connectivity index (χ4n) is 2.00. The van der Waals surface area contributed by atoms with E-state index >= 15 is 0 Å². The Kier molecular flexibility index (Phi) is 3.82. The first kappa shape index (κ1) is 11.7. The van der Waals surface area contributed by atoms with Crippen LogP contribution >= 0.6 is 0 Å². The van der Waals surface area contributed by atoms with Gasteiger partial charge in [0.1, 0.15) is 5.78 Å². The number of rotatable bonds is 4. The van der Waals surface area contributed by atoms with Crippen LogP contribution in [0, 0.1) is 11.8 Å². The van der Waals surface area contributed by atoms with Gasteiger partial charge in [0.2, 0.25) is 0 Å². The topological polar surface area (TPSA) is 80.7 Å². The third-order valence-electron chi connectivity index (χ3n) is 2.74. The summed E-state index contributed by atoms with van der Waals surface area (Å²) in [6.45, 7) is 0. The number of hydrogen-bond acceptors (Lipinski definition) is 4. The van der Waals surface area contributed by atoms with Crippen LogP contribution in [-0.4, -0.2) is 29.9 Å². The van der Waals surface area contributed by atoms with Crippen molar-refractivity contribution in [3.63, 3.8) is 0 Å². The second-order valence-electron chi connectivity index (χ2n) is 3.85. The Hall–Kier alpha value is -1.39. The molecule has 5 heteroatoms. The van der Waals surface area contributed by atoms with E-state index in [2.05, 4.69) is 4.74 Å². The van der Waals surface area contributed by atoms with Crippen molar-refractivity contribution in [1.82, 2.24) is 0 Å². The third-order valence-corrected chi connectivity index (χ3v) is 2.74. The van der Waals surface area contributed by atoms with Crippen LogP contribution in [0.15, 0.2) is 0 Å². The van der Waals surface area contributed by atoms with E-state index in [4.69, 9.17) is 5.11 Å². The Balaban J connectivity index is 2.56. The van der Waals surface area contributed by atoms with Crippen molar-refractivity contribution in [3.05, 3.63) is 0 Å². The van der Waals surface area contributed by atoms with Crippen LogP contribution in [0.2, 0.25) is 0 Å². The molecular formula is C10H14O5. The molecule has 0 aromatic rings.